The zero-order valence-electron chi connectivity index (χ0n) is 11.9. The van der Waals surface area contributed by atoms with Crippen molar-refractivity contribution in [2.24, 2.45) is 5.41 Å². The van der Waals surface area contributed by atoms with Crippen LogP contribution in [0.3, 0.4) is 0 Å². The Morgan fingerprint density at radius 3 is 2.80 bits per heavy atom. The zero-order chi connectivity index (χ0) is 14.2. The molecular formula is C16H21BrN2O. The molecule has 0 bridgehead atoms. The van der Waals surface area contributed by atoms with Gasteiger partial charge >= 0.3 is 0 Å². The quantitative estimate of drug-likeness (QED) is 0.787. The second-order valence-corrected chi connectivity index (χ2v) is 7.24. The van der Waals surface area contributed by atoms with Crippen LogP contribution in [0.15, 0.2) is 28.7 Å². The number of nitrogens with zero attached hydrogens (tertiary/aromatic N) is 2. The Kier molecular flexibility index (Phi) is 3.87. The van der Waals surface area contributed by atoms with Gasteiger partial charge in [0.05, 0.1) is 0 Å². The summed E-state index contributed by atoms with van der Waals surface area (Å²) in [6.07, 6.45) is 3.62. The van der Waals surface area contributed by atoms with E-state index in [1.807, 2.05) is 24.3 Å². The third-order valence-electron chi connectivity index (χ3n) is 4.65. The predicted octanol–water partition coefficient (Wildman–Crippen LogP) is 3.01. The Bertz CT molecular complexity index is 515. The standard InChI is InChI=1S/C16H21BrN2O/c1-18-9-7-16(11-18)6-3-8-19(12-16)15(20)13-4-2-5-14(17)10-13/h2,4-5,10H,3,6-9,11-12H2,1H3. The van der Waals surface area contributed by atoms with Crippen molar-refractivity contribution in [3.63, 3.8) is 0 Å². The Morgan fingerprint density at radius 2 is 2.10 bits per heavy atom. The third kappa shape index (κ3) is 2.77. The van der Waals surface area contributed by atoms with Crippen LogP contribution in [0.4, 0.5) is 0 Å². The lowest BCUT2D eigenvalue weighted by atomic mass is 9.79. The minimum atomic E-state index is 0.180. The van der Waals surface area contributed by atoms with Crippen molar-refractivity contribution in [1.82, 2.24) is 9.80 Å². The van der Waals surface area contributed by atoms with E-state index in [1.165, 1.54) is 19.4 Å². The summed E-state index contributed by atoms with van der Waals surface area (Å²) in [5, 5.41) is 0. The topological polar surface area (TPSA) is 23.6 Å². The zero-order valence-corrected chi connectivity index (χ0v) is 13.5. The summed E-state index contributed by atoms with van der Waals surface area (Å²) in [7, 11) is 2.18. The summed E-state index contributed by atoms with van der Waals surface area (Å²) in [5.74, 6) is 0.180. The average molecular weight is 337 g/mol. The maximum atomic E-state index is 12.7. The Labute approximate surface area is 129 Å². The van der Waals surface area contributed by atoms with Gasteiger partial charge in [-0.15, -0.1) is 0 Å². The number of halogens is 1. The summed E-state index contributed by atoms with van der Waals surface area (Å²) in [6.45, 7) is 4.12. The second-order valence-electron chi connectivity index (χ2n) is 6.33. The first-order chi connectivity index (χ1) is 9.58. The summed E-state index contributed by atoms with van der Waals surface area (Å²) in [5.41, 5.74) is 1.14. The lowest BCUT2D eigenvalue weighted by molar-refractivity contribution is 0.0534. The number of rotatable bonds is 1. The van der Waals surface area contributed by atoms with E-state index in [1.54, 1.807) is 0 Å². The second kappa shape index (κ2) is 5.49. The number of likely N-dealkylation sites (tertiary alicyclic amines) is 2. The minimum Gasteiger partial charge on any atom is -0.338 e. The lowest BCUT2D eigenvalue weighted by Crippen LogP contribution is -2.47. The van der Waals surface area contributed by atoms with E-state index in [0.717, 1.165) is 36.1 Å². The molecule has 1 unspecified atom stereocenters. The fourth-order valence-electron chi connectivity index (χ4n) is 3.68. The Balaban J connectivity index is 1.75. The first-order valence-corrected chi connectivity index (χ1v) is 8.11. The van der Waals surface area contributed by atoms with Crippen LogP contribution in [-0.2, 0) is 0 Å². The van der Waals surface area contributed by atoms with Crippen molar-refractivity contribution in [3.05, 3.63) is 34.3 Å². The molecule has 4 heteroatoms. The summed E-state index contributed by atoms with van der Waals surface area (Å²) >= 11 is 3.44. The Morgan fingerprint density at radius 1 is 1.25 bits per heavy atom. The van der Waals surface area contributed by atoms with E-state index in [4.69, 9.17) is 0 Å². The molecule has 1 spiro atoms. The van der Waals surface area contributed by atoms with Crippen LogP contribution >= 0.6 is 15.9 Å². The molecule has 0 saturated carbocycles. The van der Waals surface area contributed by atoms with Crippen molar-refractivity contribution in [2.75, 3.05) is 33.2 Å². The van der Waals surface area contributed by atoms with Crippen molar-refractivity contribution < 1.29 is 4.79 Å². The first kappa shape index (κ1) is 14.1. The third-order valence-corrected chi connectivity index (χ3v) is 5.14. The van der Waals surface area contributed by atoms with E-state index >= 15 is 0 Å². The number of hydrogen-bond acceptors (Lipinski definition) is 2. The van der Waals surface area contributed by atoms with Gasteiger partial charge in [-0.25, -0.2) is 0 Å². The minimum absolute atomic E-state index is 0.180. The fourth-order valence-corrected chi connectivity index (χ4v) is 4.08. The molecule has 1 aromatic carbocycles. The van der Waals surface area contributed by atoms with Crippen LogP contribution in [0.1, 0.15) is 29.6 Å². The number of carbonyl (C=O) groups excluding carboxylic acids is 1. The van der Waals surface area contributed by atoms with Gasteiger partial charge < -0.3 is 9.80 Å². The maximum absolute atomic E-state index is 12.7. The van der Waals surface area contributed by atoms with Crippen LogP contribution in [-0.4, -0.2) is 48.9 Å². The van der Waals surface area contributed by atoms with E-state index < -0.39 is 0 Å². The summed E-state index contributed by atoms with van der Waals surface area (Å²) < 4.78 is 0.968. The molecule has 108 valence electrons. The molecule has 3 nitrogen and oxygen atoms in total. The van der Waals surface area contributed by atoms with Crippen molar-refractivity contribution >= 4 is 21.8 Å². The number of piperidine rings is 1. The van der Waals surface area contributed by atoms with E-state index in [0.29, 0.717) is 5.41 Å². The maximum Gasteiger partial charge on any atom is 0.253 e. The van der Waals surface area contributed by atoms with Gasteiger partial charge in [0, 0.05) is 35.1 Å². The van der Waals surface area contributed by atoms with Crippen LogP contribution in [0.2, 0.25) is 0 Å². The first-order valence-electron chi connectivity index (χ1n) is 7.31. The molecule has 0 N–H and O–H groups in total. The van der Waals surface area contributed by atoms with Gasteiger partial charge in [0.2, 0.25) is 0 Å². The summed E-state index contributed by atoms with van der Waals surface area (Å²) in [6, 6.07) is 7.72. The number of benzene rings is 1. The number of carbonyl (C=O) groups is 1. The predicted molar refractivity (Wildman–Crippen MR) is 83.8 cm³/mol. The van der Waals surface area contributed by atoms with Gasteiger partial charge in [-0.1, -0.05) is 22.0 Å². The molecular weight excluding hydrogens is 316 g/mol. The van der Waals surface area contributed by atoms with Crippen molar-refractivity contribution in [2.45, 2.75) is 19.3 Å². The molecule has 1 atom stereocenters. The molecule has 2 heterocycles. The van der Waals surface area contributed by atoms with Gasteiger partial charge in [0.25, 0.3) is 5.91 Å². The molecule has 2 aliphatic rings. The number of amides is 1. The molecule has 1 amide bonds. The van der Waals surface area contributed by atoms with Crippen molar-refractivity contribution in [3.8, 4) is 0 Å². The highest BCUT2D eigenvalue weighted by Crippen LogP contribution is 2.38. The molecule has 0 aliphatic carbocycles. The van der Waals surface area contributed by atoms with E-state index in [-0.39, 0.29) is 5.91 Å². The normalized spacial score (nSPS) is 27.2. The van der Waals surface area contributed by atoms with E-state index in [2.05, 4.69) is 32.8 Å². The SMILES string of the molecule is CN1CCC2(CCCN(C(=O)c3cccc(Br)c3)C2)C1. The van der Waals surface area contributed by atoms with E-state index in [9.17, 15) is 4.79 Å². The molecule has 0 aromatic heterocycles. The monoisotopic (exact) mass is 336 g/mol. The average Bonchev–Trinajstić information content (AvgIpc) is 2.78. The smallest absolute Gasteiger partial charge is 0.253 e. The van der Waals surface area contributed by atoms with Gasteiger partial charge in [-0.2, -0.15) is 0 Å². The highest BCUT2D eigenvalue weighted by Gasteiger charge is 2.41. The Hall–Kier alpha value is -0.870. The van der Waals surface area contributed by atoms with Crippen molar-refractivity contribution in [1.29, 1.82) is 0 Å². The molecule has 2 saturated heterocycles. The highest BCUT2D eigenvalue weighted by molar-refractivity contribution is 9.10. The highest BCUT2D eigenvalue weighted by atomic mass is 79.9. The molecule has 20 heavy (non-hydrogen) atoms. The van der Waals surface area contributed by atoms with Crippen LogP contribution < -0.4 is 0 Å². The molecule has 2 aliphatic heterocycles. The molecule has 0 radical (unpaired) electrons. The largest absolute Gasteiger partial charge is 0.338 e. The number of hydrogen-bond donors (Lipinski definition) is 0. The fraction of sp³-hybridized carbons (Fsp3) is 0.562. The lowest BCUT2D eigenvalue weighted by Gasteiger charge is -2.40. The van der Waals surface area contributed by atoms with Crippen LogP contribution in [0, 0.1) is 5.41 Å². The van der Waals surface area contributed by atoms with Crippen LogP contribution in [0.25, 0.3) is 0 Å². The van der Waals surface area contributed by atoms with Crippen LogP contribution in [0.5, 0.6) is 0 Å². The van der Waals surface area contributed by atoms with Gasteiger partial charge in [-0.05, 0) is 51.1 Å². The van der Waals surface area contributed by atoms with Gasteiger partial charge in [-0.3, -0.25) is 4.79 Å². The summed E-state index contributed by atoms with van der Waals surface area (Å²) in [4.78, 5) is 17.1. The molecule has 1 aromatic rings. The van der Waals surface area contributed by atoms with Gasteiger partial charge in [0.1, 0.15) is 0 Å². The molecule has 3 rings (SSSR count). The van der Waals surface area contributed by atoms with Gasteiger partial charge in [0.15, 0.2) is 0 Å². The molecule has 2 fully saturated rings.